The predicted molar refractivity (Wildman–Crippen MR) is 120 cm³/mol. The first-order chi connectivity index (χ1) is 14.9. The summed E-state index contributed by atoms with van der Waals surface area (Å²) in [6.45, 7) is 6.26. The molecule has 2 amide bonds. The normalized spacial score (nSPS) is 13.5. The molecule has 0 spiro atoms. The van der Waals surface area contributed by atoms with Gasteiger partial charge in [-0.1, -0.05) is 32.0 Å². The molecule has 0 aliphatic carbocycles. The lowest BCUT2D eigenvalue weighted by atomic mass is 10.1. The van der Waals surface area contributed by atoms with E-state index in [1.165, 1.54) is 6.20 Å². The zero-order chi connectivity index (χ0) is 22.4. The van der Waals surface area contributed by atoms with Gasteiger partial charge in [0.15, 0.2) is 0 Å². The molecule has 1 aromatic heterocycles. The number of para-hydroxylation sites is 1. The summed E-state index contributed by atoms with van der Waals surface area (Å²) in [4.78, 5) is 40.6. The Bertz CT molecular complexity index is 991. The van der Waals surface area contributed by atoms with Crippen molar-refractivity contribution in [2.24, 2.45) is 5.92 Å². The minimum atomic E-state index is -0.518. The molecule has 0 unspecified atom stereocenters. The van der Waals surface area contributed by atoms with Gasteiger partial charge in [-0.2, -0.15) is 0 Å². The molecule has 0 saturated carbocycles. The number of likely N-dealkylation sites (tertiary alicyclic amines) is 1. The number of carbonyl (C=O) groups excluding carboxylic acids is 2. The van der Waals surface area contributed by atoms with Gasteiger partial charge < -0.3 is 19.5 Å². The molecule has 0 bridgehead atoms. The van der Waals surface area contributed by atoms with Crippen molar-refractivity contribution < 1.29 is 14.3 Å². The highest BCUT2D eigenvalue weighted by Crippen LogP contribution is 2.19. The molecule has 166 valence electrons. The molecule has 1 fully saturated rings. The van der Waals surface area contributed by atoms with Crippen LogP contribution in [-0.4, -0.2) is 48.0 Å². The summed E-state index contributed by atoms with van der Waals surface area (Å²) in [6.07, 6.45) is 5.75. The second-order valence-corrected chi connectivity index (χ2v) is 8.34. The highest BCUT2D eigenvalue weighted by atomic mass is 16.5. The fraction of sp³-hybridized carbons (Fsp3) is 0.458. The van der Waals surface area contributed by atoms with E-state index in [4.69, 9.17) is 4.74 Å². The third-order valence-corrected chi connectivity index (χ3v) is 5.50. The van der Waals surface area contributed by atoms with Crippen LogP contribution in [0.3, 0.4) is 0 Å². The lowest BCUT2D eigenvalue weighted by Crippen LogP contribution is -2.37. The fourth-order valence-corrected chi connectivity index (χ4v) is 3.73. The Morgan fingerprint density at radius 1 is 1.10 bits per heavy atom. The molecule has 2 heterocycles. The fourth-order valence-electron chi connectivity index (χ4n) is 3.73. The molecule has 0 radical (unpaired) electrons. The van der Waals surface area contributed by atoms with Crippen LogP contribution in [0.4, 0.5) is 0 Å². The maximum atomic E-state index is 13.1. The van der Waals surface area contributed by atoms with Gasteiger partial charge in [0.25, 0.3) is 11.8 Å². The Balaban J connectivity index is 1.97. The summed E-state index contributed by atoms with van der Waals surface area (Å²) in [6, 6.07) is 7.55. The van der Waals surface area contributed by atoms with E-state index >= 15 is 0 Å². The second kappa shape index (κ2) is 10.3. The number of hydrogen-bond acceptors (Lipinski definition) is 4. The maximum Gasteiger partial charge on any atom is 0.259 e. The maximum absolute atomic E-state index is 13.1. The Labute approximate surface area is 183 Å². The molecule has 7 heteroatoms. The highest BCUT2D eigenvalue weighted by molar-refractivity contribution is 5.99. The van der Waals surface area contributed by atoms with Crippen molar-refractivity contribution in [3.63, 3.8) is 0 Å². The second-order valence-electron chi connectivity index (χ2n) is 8.34. The number of nitrogens with one attached hydrogen (secondary N) is 1. The average Bonchev–Trinajstić information content (AvgIpc) is 3.29. The van der Waals surface area contributed by atoms with Crippen molar-refractivity contribution in [2.45, 2.75) is 39.7 Å². The molecule has 2 aromatic rings. The van der Waals surface area contributed by atoms with E-state index in [1.54, 1.807) is 22.8 Å². The van der Waals surface area contributed by atoms with Gasteiger partial charge in [-0.05, 0) is 31.2 Å². The van der Waals surface area contributed by atoms with Crippen LogP contribution < -0.4 is 15.5 Å². The number of hydrogen-bond donors (Lipinski definition) is 1. The first kappa shape index (κ1) is 22.6. The molecule has 0 atom stereocenters. The van der Waals surface area contributed by atoms with E-state index in [9.17, 15) is 14.4 Å². The van der Waals surface area contributed by atoms with Gasteiger partial charge in [0, 0.05) is 37.6 Å². The number of benzene rings is 1. The van der Waals surface area contributed by atoms with Crippen molar-refractivity contribution in [1.29, 1.82) is 0 Å². The van der Waals surface area contributed by atoms with Crippen LogP contribution in [0.2, 0.25) is 0 Å². The van der Waals surface area contributed by atoms with Crippen molar-refractivity contribution in [3.8, 4) is 5.75 Å². The Morgan fingerprint density at radius 2 is 1.77 bits per heavy atom. The number of ether oxygens (including phenoxy) is 1. The highest BCUT2D eigenvalue weighted by Gasteiger charge is 2.25. The van der Waals surface area contributed by atoms with Gasteiger partial charge in [0.05, 0.1) is 13.7 Å². The summed E-state index contributed by atoms with van der Waals surface area (Å²) in [5.41, 5.74) is 0.395. The molecule has 1 aliphatic rings. The van der Waals surface area contributed by atoms with Crippen LogP contribution in [-0.2, 0) is 6.54 Å². The van der Waals surface area contributed by atoms with E-state index in [2.05, 4.69) is 19.2 Å². The van der Waals surface area contributed by atoms with Gasteiger partial charge in [-0.15, -0.1) is 0 Å². The van der Waals surface area contributed by atoms with E-state index in [1.807, 2.05) is 24.3 Å². The zero-order valence-electron chi connectivity index (χ0n) is 18.5. The lowest BCUT2D eigenvalue weighted by Gasteiger charge is -2.18. The zero-order valence-corrected chi connectivity index (χ0v) is 18.5. The smallest absolute Gasteiger partial charge is 0.259 e. The standard InChI is InChI=1S/C24H31N3O4/c1-17(2)10-11-25-23(29)19-15-26(14-18-8-4-5-9-21(18)31-3)16-20(22(19)28)24(30)27-12-6-7-13-27/h4-5,8-9,15-17H,6-7,10-14H2,1-3H3,(H,25,29). The Morgan fingerprint density at radius 3 is 2.45 bits per heavy atom. The Hall–Kier alpha value is -3.09. The van der Waals surface area contributed by atoms with Gasteiger partial charge in [-0.3, -0.25) is 14.4 Å². The molecule has 1 N–H and O–H groups in total. The van der Waals surface area contributed by atoms with Crippen LogP contribution in [0.25, 0.3) is 0 Å². The van der Waals surface area contributed by atoms with Crippen LogP contribution >= 0.6 is 0 Å². The molecule has 7 nitrogen and oxygen atoms in total. The topological polar surface area (TPSA) is 80.6 Å². The van der Waals surface area contributed by atoms with Crippen molar-refractivity contribution in [3.05, 3.63) is 63.6 Å². The summed E-state index contributed by atoms with van der Waals surface area (Å²) < 4.78 is 7.15. The number of carbonyl (C=O) groups is 2. The number of nitrogens with zero attached hydrogens (tertiary/aromatic N) is 2. The van der Waals surface area contributed by atoms with Gasteiger partial charge in [0.2, 0.25) is 5.43 Å². The molecule has 1 saturated heterocycles. The molecule has 31 heavy (non-hydrogen) atoms. The third kappa shape index (κ3) is 5.54. The first-order valence-corrected chi connectivity index (χ1v) is 10.8. The van der Waals surface area contributed by atoms with E-state index in [0.717, 1.165) is 24.8 Å². The minimum Gasteiger partial charge on any atom is -0.496 e. The SMILES string of the molecule is COc1ccccc1Cn1cc(C(=O)NCCC(C)C)c(=O)c(C(=O)N2CCCC2)c1. The van der Waals surface area contributed by atoms with Crippen molar-refractivity contribution in [1.82, 2.24) is 14.8 Å². The van der Waals surface area contributed by atoms with Crippen molar-refractivity contribution in [2.75, 3.05) is 26.7 Å². The number of aromatic nitrogens is 1. The van der Waals surface area contributed by atoms with E-state index in [-0.39, 0.29) is 17.0 Å². The summed E-state index contributed by atoms with van der Waals surface area (Å²) in [7, 11) is 1.60. The number of rotatable bonds is 8. The molecule has 1 aliphatic heterocycles. The molecular formula is C24H31N3O4. The lowest BCUT2D eigenvalue weighted by molar-refractivity contribution is 0.0790. The van der Waals surface area contributed by atoms with Crippen LogP contribution in [0.5, 0.6) is 5.75 Å². The average molecular weight is 426 g/mol. The van der Waals surface area contributed by atoms with Gasteiger partial charge in [-0.25, -0.2) is 0 Å². The largest absolute Gasteiger partial charge is 0.496 e. The van der Waals surface area contributed by atoms with E-state index < -0.39 is 11.3 Å². The number of pyridine rings is 1. The van der Waals surface area contributed by atoms with E-state index in [0.29, 0.717) is 37.8 Å². The minimum absolute atomic E-state index is 0.0105. The molecular weight excluding hydrogens is 394 g/mol. The van der Waals surface area contributed by atoms with Gasteiger partial charge in [0.1, 0.15) is 16.9 Å². The number of methoxy groups -OCH3 is 1. The molecule has 1 aromatic carbocycles. The van der Waals surface area contributed by atoms with Crippen molar-refractivity contribution >= 4 is 11.8 Å². The third-order valence-electron chi connectivity index (χ3n) is 5.50. The predicted octanol–water partition coefficient (Wildman–Crippen LogP) is 2.92. The quantitative estimate of drug-likeness (QED) is 0.705. The number of amides is 2. The Kier molecular flexibility index (Phi) is 7.50. The van der Waals surface area contributed by atoms with Gasteiger partial charge >= 0.3 is 0 Å². The van der Waals surface area contributed by atoms with Crippen LogP contribution in [0, 0.1) is 5.92 Å². The monoisotopic (exact) mass is 425 g/mol. The molecule has 3 rings (SSSR count). The van der Waals surface area contributed by atoms with Crippen LogP contribution in [0.1, 0.15) is 59.4 Å². The first-order valence-electron chi connectivity index (χ1n) is 10.8. The van der Waals surface area contributed by atoms with Crippen LogP contribution in [0.15, 0.2) is 41.5 Å². The summed E-state index contributed by atoms with van der Waals surface area (Å²) in [5.74, 6) is 0.380. The summed E-state index contributed by atoms with van der Waals surface area (Å²) in [5, 5.41) is 2.82. The summed E-state index contributed by atoms with van der Waals surface area (Å²) >= 11 is 0.